The minimum absolute atomic E-state index is 1.23. The highest BCUT2D eigenvalue weighted by Gasteiger charge is 2.12. The van der Waals surface area contributed by atoms with Crippen molar-refractivity contribution in [2.24, 2.45) is 0 Å². The first-order chi connectivity index (χ1) is 20.3. The molecule has 0 spiro atoms. The van der Waals surface area contributed by atoms with Gasteiger partial charge in [-0.05, 0) is 97.7 Å². The Morgan fingerprint density at radius 3 is 1.46 bits per heavy atom. The summed E-state index contributed by atoms with van der Waals surface area (Å²) in [7, 11) is 0. The molecule has 0 radical (unpaired) electrons. The van der Waals surface area contributed by atoms with Gasteiger partial charge in [-0.2, -0.15) is 0 Å². The van der Waals surface area contributed by atoms with Gasteiger partial charge in [0.2, 0.25) is 0 Å². The topological polar surface area (TPSA) is 0 Å². The molecule has 1 heteroatoms. The highest BCUT2D eigenvalue weighted by Crippen LogP contribution is 2.40. The van der Waals surface area contributed by atoms with Crippen LogP contribution < -0.4 is 0 Å². The first kappa shape index (κ1) is 23.9. The summed E-state index contributed by atoms with van der Waals surface area (Å²) in [5, 5.41) is 5.20. The van der Waals surface area contributed by atoms with E-state index in [9.17, 15) is 0 Å². The summed E-state index contributed by atoms with van der Waals surface area (Å²) < 4.78 is 2.64. The Kier molecular flexibility index (Phi) is 5.76. The van der Waals surface area contributed by atoms with Gasteiger partial charge in [0.25, 0.3) is 0 Å². The molecule has 0 unspecified atom stereocenters. The van der Waals surface area contributed by atoms with E-state index >= 15 is 0 Å². The average Bonchev–Trinajstić information content (AvgIpc) is 3.42. The molecule has 0 N–H and O–H groups in total. The van der Waals surface area contributed by atoms with Gasteiger partial charge < -0.3 is 0 Å². The lowest BCUT2D eigenvalue weighted by Gasteiger charge is -2.12. The SMILES string of the molecule is c1ccc(-c2cc(-c3ccccc3)cc(-c3ccc4sc5ccc(-c6cccc7ccccc67)cc5c4c3)c2)cc1. The second-order valence-corrected chi connectivity index (χ2v) is 11.7. The van der Waals surface area contributed by atoms with Gasteiger partial charge in [-0.15, -0.1) is 11.3 Å². The minimum Gasteiger partial charge on any atom is -0.135 e. The van der Waals surface area contributed by atoms with Crippen molar-refractivity contribution in [2.45, 2.75) is 0 Å². The van der Waals surface area contributed by atoms with Crippen LogP contribution in [0.5, 0.6) is 0 Å². The summed E-state index contributed by atoms with van der Waals surface area (Å²) in [6.45, 7) is 0. The largest absolute Gasteiger partial charge is 0.135 e. The Bertz CT molecular complexity index is 2120. The van der Waals surface area contributed by atoms with Gasteiger partial charge in [-0.3, -0.25) is 0 Å². The molecule has 192 valence electrons. The standard InChI is InChI=1S/C40H26S/c1-3-10-27(11-4-1)32-22-33(28-12-5-2-6-13-28)24-34(23-32)30-18-20-39-37(25-30)38-26-31(19-21-40(38)41-39)36-17-9-15-29-14-7-8-16-35(29)36/h1-26H. The molecule has 8 aromatic rings. The first-order valence-electron chi connectivity index (χ1n) is 14.0. The second-order valence-electron chi connectivity index (χ2n) is 10.6. The van der Waals surface area contributed by atoms with Crippen LogP contribution in [0, 0.1) is 0 Å². The molecular weight excluding hydrogens is 513 g/mol. The molecule has 0 nitrogen and oxygen atoms in total. The van der Waals surface area contributed by atoms with Gasteiger partial charge in [-0.25, -0.2) is 0 Å². The van der Waals surface area contributed by atoms with Crippen molar-refractivity contribution >= 4 is 42.3 Å². The summed E-state index contributed by atoms with van der Waals surface area (Å²) in [5.74, 6) is 0. The van der Waals surface area contributed by atoms with Crippen molar-refractivity contribution in [3.63, 3.8) is 0 Å². The van der Waals surface area contributed by atoms with Gasteiger partial charge >= 0.3 is 0 Å². The van der Waals surface area contributed by atoms with Crippen molar-refractivity contribution in [2.75, 3.05) is 0 Å². The number of thiophene rings is 1. The molecule has 8 rings (SSSR count). The van der Waals surface area contributed by atoms with Gasteiger partial charge in [0.15, 0.2) is 0 Å². The quantitative estimate of drug-likeness (QED) is 0.209. The van der Waals surface area contributed by atoms with Gasteiger partial charge in [-0.1, -0.05) is 115 Å². The van der Waals surface area contributed by atoms with E-state index in [0.29, 0.717) is 0 Å². The van der Waals surface area contributed by atoms with Crippen LogP contribution in [0.3, 0.4) is 0 Å². The lowest BCUT2D eigenvalue weighted by Crippen LogP contribution is -1.86. The highest BCUT2D eigenvalue weighted by molar-refractivity contribution is 7.25. The van der Waals surface area contributed by atoms with E-state index in [1.165, 1.54) is 75.5 Å². The van der Waals surface area contributed by atoms with E-state index in [1.807, 2.05) is 11.3 Å². The fourth-order valence-corrected chi connectivity index (χ4v) is 7.06. The normalized spacial score (nSPS) is 11.4. The molecule has 0 saturated carbocycles. The number of fused-ring (bicyclic) bond motifs is 4. The fraction of sp³-hybridized carbons (Fsp3) is 0. The molecule has 7 aromatic carbocycles. The second kappa shape index (κ2) is 9.89. The molecule has 0 atom stereocenters. The van der Waals surface area contributed by atoms with E-state index in [-0.39, 0.29) is 0 Å². The molecule has 0 fully saturated rings. The van der Waals surface area contributed by atoms with Crippen LogP contribution in [-0.2, 0) is 0 Å². The fourth-order valence-electron chi connectivity index (χ4n) is 5.99. The minimum atomic E-state index is 1.23. The predicted molar refractivity (Wildman–Crippen MR) is 179 cm³/mol. The molecular formula is C40H26S. The van der Waals surface area contributed by atoms with E-state index in [4.69, 9.17) is 0 Å². The zero-order valence-electron chi connectivity index (χ0n) is 22.4. The summed E-state index contributed by atoms with van der Waals surface area (Å²) >= 11 is 1.87. The van der Waals surface area contributed by atoms with Crippen molar-refractivity contribution in [1.82, 2.24) is 0 Å². The number of hydrogen-bond donors (Lipinski definition) is 0. The van der Waals surface area contributed by atoms with E-state index in [0.717, 1.165) is 0 Å². The zero-order chi connectivity index (χ0) is 27.2. The summed E-state index contributed by atoms with van der Waals surface area (Å²) in [4.78, 5) is 0. The van der Waals surface area contributed by atoms with Crippen molar-refractivity contribution in [3.8, 4) is 44.5 Å². The molecule has 0 aliphatic rings. The van der Waals surface area contributed by atoms with Crippen molar-refractivity contribution < 1.29 is 0 Å². The van der Waals surface area contributed by atoms with Crippen LogP contribution in [0.2, 0.25) is 0 Å². The Hall–Kier alpha value is -4.98. The maximum atomic E-state index is 2.39. The summed E-state index contributed by atoms with van der Waals surface area (Å²) in [6.07, 6.45) is 0. The Balaban J connectivity index is 1.31. The molecule has 0 amide bonds. The van der Waals surface area contributed by atoms with E-state index in [2.05, 4.69) is 158 Å². The van der Waals surface area contributed by atoms with Crippen molar-refractivity contribution in [3.05, 3.63) is 158 Å². The van der Waals surface area contributed by atoms with Crippen LogP contribution in [0.4, 0.5) is 0 Å². The van der Waals surface area contributed by atoms with Gasteiger partial charge in [0, 0.05) is 20.2 Å². The molecule has 0 aliphatic heterocycles. The number of benzene rings is 7. The Morgan fingerprint density at radius 1 is 0.293 bits per heavy atom. The monoisotopic (exact) mass is 538 g/mol. The molecule has 1 aromatic heterocycles. The predicted octanol–water partition coefficient (Wildman–Crippen LogP) is 11.9. The maximum Gasteiger partial charge on any atom is 0.0355 e. The third-order valence-electron chi connectivity index (χ3n) is 8.05. The number of hydrogen-bond acceptors (Lipinski definition) is 1. The third kappa shape index (κ3) is 4.32. The third-order valence-corrected chi connectivity index (χ3v) is 9.20. The summed E-state index contributed by atoms with van der Waals surface area (Å²) in [5.41, 5.74) is 9.94. The maximum absolute atomic E-state index is 2.39. The van der Waals surface area contributed by atoms with Crippen LogP contribution in [-0.4, -0.2) is 0 Å². The van der Waals surface area contributed by atoms with Gasteiger partial charge in [0.05, 0.1) is 0 Å². The lowest BCUT2D eigenvalue weighted by molar-refractivity contribution is 1.57. The smallest absolute Gasteiger partial charge is 0.0355 e. The van der Waals surface area contributed by atoms with Gasteiger partial charge in [0.1, 0.15) is 0 Å². The highest BCUT2D eigenvalue weighted by atomic mass is 32.1. The Labute approximate surface area is 243 Å². The van der Waals surface area contributed by atoms with Crippen LogP contribution >= 0.6 is 11.3 Å². The molecule has 1 heterocycles. The molecule has 0 aliphatic carbocycles. The molecule has 0 saturated heterocycles. The zero-order valence-corrected chi connectivity index (χ0v) is 23.2. The van der Waals surface area contributed by atoms with Crippen molar-refractivity contribution in [1.29, 1.82) is 0 Å². The molecule has 0 bridgehead atoms. The average molecular weight is 539 g/mol. The Morgan fingerprint density at radius 2 is 0.805 bits per heavy atom. The van der Waals surface area contributed by atoms with E-state index < -0.39 is 0 Å². The lowest BCUT2D eigenvalue weighted by atomic mass is 9.92. The van der Waals surface area contributed by atoms with E-state index in [1.54, 1.807) is 0 Å². The first-order valence-corrected chi connectivity index (χ1v) is 14.8. The van der Waals surface area contributed by atoms with Crippen LogP contribution in [0.25, 0.3) is 75.5 Å². The number of rotatable bonds is 4. The molecule has 41 heavy (non-hydrogen) atoms. The van der Waals surface area contributed by atoms with Crippen LogP contribution in [0.15, 0.2) is 158 Å². The summed E-state index contributed by atoms with van der Waals surface area (Å²) in [6, 6.07) is 57.5. The van der Waals surface area contributed by atoms with Crippen LogP contribution in [0.1, 0.15) is 0 Å².